The Morgan fingerprint density at radius 2 is 1.82 bits per heavy atom. The van der Waals surface area contributed by atoms with E-state index >= 15 is 0 Å². The van der Waals surface area contributed by atoms with Gasteiger partial charge in [0.15, 0.2) is 5.82 Å². The maximum atomic E-state index is 12.7. The second kappa shape index (κ2) is 11.3. The van der Waals surface area contributed by atoms with E-state index in [0.29, 0.717) is 18.3 Å². The molecule has 186 valence electrons. The zero-order valence-electron chi connectivity index (χ0n) is 20.9. The van der Waals surface area contributed by atoms with Crippen molar-refractivity contribution < 1.29 is 4.74 Å². The van der Waals surface area contributed by atoms with Crippen molar-refractivity contribution in [1.29, 1.82) is 0 Å². The topological polar surface area (TPSA) is 88.7 Å². The number of benzene rings is 1. The van der Waals surface area contributed by atoms with Gasteiger partial charge in [0.05, 0.1) is 5.69 Å². The molecule has 8 heteroatoms. The van der Waals surface area contributed by atoms with Crippen molar-refractivity contribution in [3.05, 3.63) is 46.5 Å². The van der Waals surface area contributed by atoms with Crippen LogP contribution in [0.25, 0.3) is 0 Å². The van der Waals surface area contributed by atoms with Gasteiger partial charge in [-0.1, -0.05) is 20.3 Å². The molecule has 2 aromatic rings. The standard InChI is InChI=1S/C26H40N6O2/c1-4-31-12-14-32(15-13-31)16-17-34-21-10-8-20(9-11-21)28-25-26(33)30(3)18-24(29-25)22-6-5-7-23(27)19(22)2/h8-11,18-19,22-23H,4-7,12-17,27H2,1-3H3,(H,28,29)/t19-,22?,23?/m0/s1. The van der Waals surface area contributed by atoms with Crippen molar-refractivity contribution in [2.45, 2.75) is 45.1 Å². The first-order valence-electron chi connectivity index (χ1n) is 12.7. The zero-order valence-corrected chi connectivity index (χ0v) is 20.9. The molecule has 34 heavy (non-hydrogen) atoms. The fraction of sp³-hybridized carbons (Fsp3) is 0.615. The van der Waals surface area contributed by atoms with E-state index in [1.807, 2.05) is 30.5 Å². The molecule has 1 aromatic heterocycles. The Balaban J connectivity index is 1.35. The van der Waals surface area contributed by atoms with Gasteiger partial charge in [0.25, 0.3) is 5.56 Å². The van der Waals surface area contributed by atoms with Crippen LogP contribution in [0, 0.1) is 5.92 Å². The van der Waals surface area contributed by atoms with E-state index in [-0.39, 0.29) is 17.5 Å². The molecule has 3 atom stereocenters. The largest absolute Gasteiger partial charge is 0.492 e. The maximum Gasteiger partial charge on any atom is 0.293 e. The highest BCUT2D eigenvalue weighted by atomic mass is 16.5. The average molecular weight is 469 g/mol. The normalized spacial score (nSPS) is 24.2. The van der Waals surface area contributed by atoms with Crippen LogP contribution in [0.1, 0.15) is 44.7 Å². The smallest absolute Gasteiger partial charge is 0.293 e. The minimum Gasteiger partial charge on any atom is -0.492 e. The number of hydrogen-bond donors (Lipinski definition) is 2. The Labute approximate surface area is 203 Å². The third-order valence-electron chi connectivity index (χ3n) is 7.54. The lowest BCUT2D eigenvalue weighted by Gasteiger charge is -2.33. The number of ether oxygens (including phenoxy) is 1. The summed E-state index contributed by atoms with van der Waals surface area (Å²) in [5, 5.41) is 3.22. The van der Waals surface area contributed by atoms with Crippen LogP contribution in [0.15, 0.2) is 35.3 Å². The Morgan fingerprint density at radius 3 is 2.53 bits per heavy atom. The Bertz CT molecular complexity index is 984. The first-order valence-corrected chi connectivity index (χ1v) is 12.7. The highest BCUT2D eigenvalue weighted by molar-refractivity contribution is 5.56. The van der Waals surface area contributed by atoms with Crippen LogP contribution in [0.3, 0.4) is 0 Å². The van der Waals surface area contributed by atoms with Crippen molar-refractivity contribution in [1.82, 2.24) is 19.4 Å². The number of aryl methyl sites for hydroxylation is 1. The summed E-state index contributed by atoms with van der Waals surface area (Å²) in [6.07, 6.45) is 5.07. The van der Waals surface area contributed by atoms with Crippen LogP contribution in [-0.4, -0.2) is 71.3 Å². The number of nitrogens with one attached hydrogen (secondary N) is 1. The molecule has 1 aliphatic heterocycles. The van der Waals surface area contributed by atoms with E-state index in [1.54, 1.807) is 11.6 Å². The van der Waals surface area contributed by atoms with Crippen LogP contribution < -0.4 is 21.3 Å². The van der Waals surface area contributed by atoms with Gasteiger partial charge >= 0.3 is 0 Å². The summed E-state index contributed by atoms with van der Waals surface area (Å²) >= 11 is 0. The third kappa shape index (κ3) is 5.98. The fourth-order valence-corrected chi connectivity index (χ4v) is 5.10. The van der Waals surface area contributed by atoms with E-state index in [1.165, 1.54) is 0 Å². The molecule has 1 saturated carbocycles. The summed E-state index contributed by atoms with van der Waals surface area (Å²) in [5.41, 5.74) is 7.93. The fourth-order valence-electron chi connectivity index (χ4n) is 5.10. The summed E-state index contributed by atoms with van der Waals surface area (Å²) in [4.78, 5) is 22.4. The first kappa shape index (κ1) is 24.7. The first-order chi connectivity index (χ1) is 16.4. The average Bonchev–Trinajstić information content (AvgIpc) is 2.85. The Kier molecular flexibility index (Phi) is 8.24. The van der Waals surface area contributed by atoms with Gasteiger partial charge in [0.1, 0.15) is 12.4 Å². The highest BCUT2D eigenvalue weighted by Crippen LogP contribution is 2.36. The lowest BCUT2D eigenvalue weighted by molar-refractivity contribution is 0.121. The minimum absolute atomic E-state index is 0.139. The van der Waals surface area contributed by atoms with E-state index in [2.05, 4.69) is 29.0 Å². The van der Waals surface area contributed by atoms with Crippen LogP contribution in [0.2, 0.25) is 0 Å². The molecule has 2 heterocycles. The summed E-state index contributed by atoms with van der Waals surface area (Å²) in [6.45, 7) is 11.6. The van der Waals surface area contributed by atoms with Gasteiger partial charge < -0.3 is 25.3 Å². The molecule has 0 radical (unpaired) electrons. The van der Waals surface area contributed by atoms with Crippen molar-refractivity contribution in [2.75, 3.05) is 51.2 Å². The van der Waals surface area contributed by atoms with Gasteiger partial charge in [-0.05, 0) is 49.6 Å². The zero-order chi connectivity index (χ0) is 24.1. The molecule has 0 bridgehead atoms. The van der Waals surface area contributed by atoms with Crippen molar-refractivity contribution in [2.24, 2.45) is 18.7 Å². The molecule has 0 amide bonds. The number of rotatable bonds is 8. The van der Waals surface area contributed by atoms with Crippen LogP contribution >= 0.6 is 0 Å². The van der Waals surface area contributed by atoms with Crippen molar-refractivity contribution in [3.8, 4) is 5.75 Å². The summed E-state index contributed by atoms with van der Waals surface area (Å²) in [5.74, 6) is 1.80. The van der Waals surface area contributed by atoms with Gasteiger partial charge in [0, 0.05) is 63.6 Å². The SMILES string of the molecule is CCN1CCN(CCOc2ccc(Nc3nc(C4CCCC(N)[C@H]4C)cn(C)c3=O)cc2)CC1. The molecule has 1 aliphatic carbocycles. The molecule has 1 saturated heterocycles. The van der Waals surface area contributed by atoms with Gasteiger partial charge in [-0.2, -0.15) is 0 Å². The number of nitrogens with zero attached hydrogens (tertiary/aromatic N) is 4. The molecular weight excluding hydrogens is 428 g/mol. The molecule has 0 spiro atoms. The molecule has 2 unspecified atom stereocenters. The second-order valence-electron chi connectivity index (χ2n) is 9.76. The monoisotopic (exact) mass is 468 g/mol. The molecular formula is C26H40N6O2. The molecule has 4 rings (SSSR count). The lowest BCUT2D eigenvalue weighted by atomic mass is 9.76. The van der Waals surface area contributed by atoms with E-state index < -0.39 is 0 Å². The Morgan fingerprint density at radius 1 is 1.12 bits per heavy atom. The summed E-state index contributed by atoms with van der Waals surface area (Å²) < 4.78 is 7.57. The van der Waals surface area contributed by atoms with Crippen molar-refractivity contribution >= 4 is 11.5 Å². The van der Waals surface area contributed by atoms with Crippen LogP contribution in [-0.2, 0) is 7.05 Å². The van der Waals surface area contributed by atoms with Gasteiger partial charge in [-0.3, -0.25) is 9.69 Å². The van der Waals surface area contributed by atoms with E-state index in [9.17, 15) is 4.79 Å². The quantitative estimate of drug-likeness (QED) is 0.616. The maximum absolute atomic E-state index is 12.7. The second-order valence-corrected chi connectivity index (χ2v) is 9.76. The molecule has 2 fully saturated rings. The third-order valence-corrected chi connectivity index (χ3v) is 7.54. The number of nitrogens with two attached hydrogens (primary N) is 1. The molecule has 8 nitrogen and oxygen atoms in total. The van der Waals surface area contributed by atoms with Gasteiger partial charge in [-0.15, -0.1) is 0 Å². The van der Waals surface area contributed by atoms with Gasteiger partial charge in [-0.25, -0.2) is 4.98 Å². The number of likely N-dealkylation sites (N-methyl/N-ethyl adjacent to an activating group) is 1. The number of hydrogen-bond acceptors (Lipinski definition) is 7. The minimum atomic E-state index is -0.139. The number of piperazine rings is 1. The van der Waals surface area contributed by atoms with Crippen LogP contribution in [0.4, 0.5) is 11.5 Å². The molecule has 2 aliphatic rings. The van der Waals surface area contributed by atoms with E-state index in [4.69, 9.17) is 15.5 Å². The predicted molar refractivity (Wildman–Crippen MR) is 137 cm³/mol. The van der Waals surface area contributed by atoms with E-state index in [0.717, 1.165) is 75.7 Å². The van der Waals surface area contributed by atoms with Gasteiger partial charge in [0.2, 0.25) is 0 Å². The Hall–Kier alpha value is -2.42. The summed E-state index contributed by atoms with van der Waals surface area (Å²) in [7, 11) is 1.78. The highest BCUT2D eigenvalue weighted by Gasteiger charge is 2.30. The molecule has 1 aromatic carbocycles. The molecule has 3 N–H and O–H groups in total. The van der Waals surface area contributed by atoms with Crippen molar-refractivity contribution in [3.63, 3.8) is 0 Å². The van der Waals surface area contributed by atoms with Crippen LogP contribution in [0.5, 0.6) is 5.75 Å². The number of anilines is 2. The summed E-state index contributed by atoms with van der Waals surface area (Å²) in [6, 6.07) is 7.93. The predicted octanol–water partition coefficient (Wildman–Crippen LogP) is 2.77. The lowest BCUT2D eigenvalue weighted by Crippen LogP contribution is -2.47. The number of aromatic nitrogens is 2.